The van der Waals surface area contributed by atoms with E-state index in [0.717, 1.165) is 4.90 Å². The molecule has 1 aromatic rings. The predicted molar refractivity (Wildman–Crippen MR) is 55.7 cm³/mol. The van der Waals surface area contributed by atoms with Gasteiger partial charge in [0.05, 0.1) is 0 Å². The summed E-state index contributed by atoms with van der Waals surface area (Å²) < 4.78 is 0. The Bertz CT molecular complexity index is 381. The molecule has 0 fully saturated rings. The zero-order valence-electron chi connectivity index (χ0n) is 7.84. The summed E-state index contributed by atoms with van der Waals surface area (Å²) in [5.74, 6) is -0.888. The number of pyridine rings is 1. The average molecular weight is 226 g/mol. The maximum atomic E-state index is 10.6. The standard InChI is InChI=1S/C9H10N2O3S/c10-8(12)2-4-15-6-1-3-11-7(5-6)9(13)14/h1,3,5H,2,4H2,(H2,10,12)(H,13,14). The summed E-state index contributed by atoms with van der Waals surface area (Å²) in [6, 6.07) is 3.16. The number of carbonyl (C=O) groups excluding carboxylic acids is 1. The molecule has 0 saturated heterocycles. The lowest BCUT2D eigenvalue weighted by Gasteiger charge is -2.00. The van der Waals surface area contributed by atoms with Crippen LogP contribution in [0.1, 0.15) is 16.9 Å². The summed E-state index contributed by atoms with van der Waals surface area (Å²) in [6.45, 7) is 0. The normalized spacial score (nSPS) is 9.87. The Kier molecular flexibility index (Phi) is 4.11. The Balaban J connectivity index is 2.58. The van der Waals surface area contributed by atoms with E-state index in [0.29, 0.717) is 5.75 Å². The second-order valence-electron chi connectivity index (χ2n) is 2.75. The van der Waals surface area contributed by atoms with E-state index in [2.05, 4.69) is 4.98 Å². The Hall–Kier alpha value is -1.56. The minimum absolute atomic E-state index is 0.000856. The number of aromatic nitrogens is 1. The van der Waals surface area contributed by atoms with E-state index in [1.807, 2.05) is 0 Å². The van der Waals surface area contributed by atoms with Crippen LogP contribution in [-0.2, 0) is 4.79 Å². The first-order valence-corrected chi connectivity index (χ1v) is 5.18. The summed E-state index contributed by atoms with van der Waals surface area (Å²) in [7, 11) is 0. The molecule has 1 rings (SSSR count). The van der Waals surface area contributed by atoms with E-state index in [-0.39, 0.29) is 18.0 Å². The van der Waals surface area contributed by atoms with E-state index in [4.69, 9.17) is 10.8 Å². The summed E-state index contributed by atoms with van der Waals surface area (Å²) in [6.07, 6.45) is 1.70. The number of nitrogens with zero attached hydrogens (tertiary/aromatic N) is 1. The van der Waals surface area contributed by atoms with Gasteiger partial charge in [0, 0.05) is 23.3 Å². The zero-order valence-corrected chi connectivity index (χ0v) is 8.66. The van der Waals surface area contributed by atoms with Crippen LogP contribution in [0.25, 0.3) is 0 Å². The molecule has 6 heteroatoms. The quantitative estimate of drug-likeness (QED) is 0.722. The minimum atomic E-state index is -1.06. The van der Waals surface area contributed by atoms with Gasteiger partial charge in [-0.3, -0.25) is 4.79 Å². The fraction of sp³-hybridized carbons (Fsp3) is 0.222. The Morgan fingerprint density at radius 1 is 1.53 bits per heavy atom. The predicted octanol–water partition coefficient (Wildman–Crippen LogP) is 0.747. The van der Waals surface area contributed by atoms with Crippen LogP contribution < -0.4 is 5.73 Å². The zero-order chi connectivity index (χ0) is 11.3. The second kappa shape index (κ2) is 5.35. The molecule has 15 heavy (non-hydrogen) atoms. The highest BCUT2D eigenvalue weighted by Gasteiger charge is 2.05. The molecule has 0 aliphatic heterocycles. The van der Waals surface area contributed by atoms with Crippen molar-refractivity contribution in [3.63, 3.8) is 0 Å². The Labute approximate surface area is 90.7 Å². The number of primary amides is 1. The molecule has 0 aliphatic carbocycles. The largest absolute Gasteiger partial charge is 0.477 e. The number of hydrogen-bond donors (Lipinski definition) is 2. The van der Waals surface area contributed by atoms with Crippen LogP contribution in [0, 0.1) is 0 Å². The maximum absolute atomic E-state index is 10.6. The third-order valence-electron chi connectivity index (χ3n) is 1.57. The number of carbonyl (C=O) groups is 2. The summed E-state index contributed by atoms with van der Waals surface area (Å²) in [5.41, 5.74) is 4.98. The topological polar surface area (TPSA) is 93.3 Å². The highest BCUT2D eigenvalue weighted by Crippen LogP contribution is 2.18. The van der Waals surface area contributed by atoms with Crippen LogP contribution in [0.15, 0.2) is 23.2 Å². The van der Waals surface area contributed by atoms with Crippen molar-refractivity contribution in [2.45, 2.75) is 11.3 Å². The molecule has 0 aliphatic rings. The lowest BCUT2D eigenvalue weighted by Crippen LogP contribution is -2.10. The number of amides is 1. The average Bonchev–Trinajstić information content (AvgIpc) is 2.17. The molecule has 0 spiro atoms. The van der Waals surface area contributed by atoms with Gasteiger partial charge in [-0.05, 0) is 12.1 Å². The fourth-order valence-corrected chi connectivity index (χ4v) is 1.78. The van der Waals surface area contributed by atoms with Crippen LogP contribution >= 0.6 is 11.8 Å². The van der Waals surface area contributed by atoms with Crippen molar-refractivity contribution < 1.29 is 14.7 Å². The fourth-order valence-electron chi connectivity index (χ4n) is 0.887. The van der Waals surface area contributed by atoms with E-state index in [1.54, 1.807) is 6.07 Å². The van der Waals surface area contributed by atoms with Gasteiger partial charge in [-0.1, -0.05) is 0 Å². The van der Waals surface area contributed by atoms with Crippen LogP contribution in [0.4, 0.5) is 0 Å². The lowest BCUT2D eigenvalue weighted by atomic mass is 10.3. The van der Waals surface area contributed by atoms with Crippen molar-refractivity contribution in [3.8, 4) is 0 Å². The molecule has 0 radical (unpaired) electrons. The first kappa shape index (κ1) is 11.5. The van der Waals surface area contributed by atoms with Gasteiger partial charge in [0.15, 0.2) is 0 Å². The first-order chi connectivity index (χ1) is 7.09. The number of carboxylic acid groups (broad SMARTS) is 1. The Morgan fingerprint density at radius 3 is 2.87 bits per heavy atom. The first-order valence-electron chi connectivity index (χ1n) is 4.20. The molecule has 0 aromatic carbocycles. The molecular weight excluding hydrogens is 216 g/mol. The summed E-state index contributed by atoms with van der Waals surface area (Å²) >= 11 is 1.38. The van der Waals surface area contributed by atoms with E-state index >= 15 is 0 Å². The number of nitrogens with two attached hydrogens (primary N) is 1. The second-order valence-corrected chi connectivity index (χ2v) is 3.92. The Morgan fingerprint density at radius 2 is 2.27 bits per heavy atom. The monoisotopic (exact) mass is 226 g/mol. The number of rotatable bonds is 5. The van der Waals surface area contributed by atoms with Gasteiger partial charge >= 0.3 is 5.97 Å². The van der Waals surface area contributed by atoms with E-state index in [1.165, 1.54) is 24.0 Å². The number of aromatic carboxylic acids is 1. The van der Waals surface area contributed by atoms with Crippen LogP contribution in [0.3, 0.4) is 0 Å². The van der Waals surface area contributed by atoms with Crippen molar-refractivity contribution in [2.24, 2.45) is 5.73 Å². The lowest BCUT2D eigenvalue weighted by molar-refractivity contribution is -0.117. The van der Waals surface area contributed by atoms with Crippen molar-refractivity contribution in [1.29, 1.82) is 0 Å². The van der Waals surface area contributed by atoms with Gasteiger partial charge in [0.2, 0.25) is 5.91 Å². The third kappa shape index (κ3) is 3.99. The van der Waals surface area contributed by atoms with Crippen LogP contribution in [0.2, 0.25) is 0 Å². The molecule has 0 unspecified atom stereocenters. The van der Waals surface area contributed by atoms with Crippen LogP contribution in [-0.4, -0.2) is 27.7 Å². The van der Waals surface area contributed by atoms with E-state index < -0.39 is 5.97 Å². The molecule has 80 valence electrons. The van der Waals surface area contributed by atoms with E-state index in [9.17, 15) is 9.59 Å². The van der Waals surface area contributed by atoms with Crippen molar-refractivity contribution in [3.05, 3.63) is 24.0 Å². The van der Waals surface area contributed by atoms with Gasteiger partial charge in [0.25, 0.3) is 0 Å². The number of hydrogen-bond acceptors (Lipinski definition) is 4. The van der Waals surface area contributed by atoms with Crippen molar-refractivity contribution in [2.75, 3.05) is 5.75 Å². The molecular formula is C9H10N2O3S. The van der Waals surface area contributed by atoms with Crippen molar-refractivity contribution >= 4 is 23.6 Å². The summed E-state index contributed by atoms with van der Waals surface area (Å²) in [5, 5.41) is 8.68. The van der Waals surface area contributed by atoms with Gasteiger partial charge < -0.3 is 10.8 Å². The number of thioether (sulfide) groups is 1. The minimum Gasteiger partial charge on any atom is -0.477 e. The van der Waals surface area contributed by atoms with Crippen molar-refractivity contribution in [1.82, 2.24) is 4.98 Å². The van der Waals surface area contributed by atoms with Crippen LogP contribution in [0.5, 0.6) is 0 Å². The van der Waals surface area contributed by atoms with Gasteiger partial charge in [-0.2, -0.15) is 0 Å². The SMILES string of the molecule is NC(=O)CCSc1ccnc(C(=O)O)c1. The molecule has 0 atom stereocenters. The third-order valence-corrected chi connectivity index (χ3v) is 2.56. The maximum Gasteiger partial charge on any atom is 0.354 e. The number of carboxylic acids is 1. The molecule has 1 amide bonds. The van der Waals surface area contributed by atoms with Gasteiger partial charge in [-0.25, -0.2) is 9.78 Å². The van der Waals surface area contributed by atoms with Gasteiger partial charge in [0.1, 0.15) is 5.69 Å². The smallest absolute Gasteiger partial charge is 0.354 e. The highest BCUT2D eigenvalue weighted by molar-refractivity contribution is 7.99. The molecule has 1 heterocycles. The molecule has 1 aromatic heterocycles. The molecule has 0 bridgehead atoms. The highest BCUT2D eigenvalue weighted by atomic mass is 32.2. The molecule has 5 nitrogen and oxygen atoms in total. The summed E-state index contributed by atoms with van der Waals surface area (Å²) in [4.78, 5) is 25.5. The molecule has 0 saturated carbocycles. The molecule has 3 N–H and O–H groups in total. The van der Waals surface area contributed by atoms with Gasteiger partial charge in [-0.15, -0.1) is 11.8 Å².